The van der Waals surface area contributed by atoms with E-state index in [0.29, 0.717) is 5.15 Å². The molecule has 0 bridgehead atoms. The Balaban J connectivity index is 0.000000127. The fourth-order valence-electron chi connectivity index (χ4n) is 17.0. The Morgan fingerprint density at radius 3 is 1.02 bits per heavy atom. The van der Waals surface area contributed by atoms with Crippen LogP contribution in [0.25, 0.3) is 122 Å². The zero-order chi connectivity index (χ0) is 74.1. The summed E-state index contributed by atoms with van der Waals surface area (Å²) in [7, 11) is -0.423. The molecule has 1 saturated heterocycles. The Bertz CT molecular complexity index is 6260. The van der Waals surface area contributed by atoms with Crippen LogP contribution in [0.15, 0.2) is 385 Å². The minimum absolute atomic E-state index is 0. The molecule has 3 aliphatic rings. The number of rotatable bonds is 10. The average Bonchev–Trinajstić information content (AvgIpc) is 1.54. The molecule has 0 radical (unpaired) electrons. The lowest BCUT2D eigenvalue weighted by atomic mass is 9.67. The van der Waals surface area contributed by atoms with Gasteiger partial charge in [0.25, 0.3) is 0 Å². The molecule has 0 saturated carbocycles. The normalized spacial score (nSPS) is 14.3. The Morgan fingerprint density at radius 1 is 0.261 bits per heavy atom. The number of furan rings is 2. The van der Waals surface area contributed by atoms with Crippen LogP contribution in [0.5, 0.6) is 0 Å². The van der Waals surface area contributed by atoms with Crippen LogP contribution in [0.3, 0.4) is 0 Å². The van der Waals surface area contributed by atoms with Crippen molar-refractivity contribution in [2.24, 2.45) is 0 Å². The van der Waals surface area contributed by atoms with Crippen LogP contribution in [0, 0.1) is 7.43 Å². The first-order valence-corrected chi connectivity index (χ1v) is 38.0. The van der Waals surface area contributed by atoms with Crippen LogP contribution >= 0.6 is 11.6 Å². The van der Waals surface area contributed by atoms with Crippen molar-refractivity contribution in [2.45, 2.75) is 49.7 Å². The maximum Gasteiger partial charge on any atom is 0.494 e. The number of aromatic nitrogens is 2. The lowest BCUT2D eigenvalue weighted by molar-refractivity contribution is 0.00578. The maximum atomic E-state index is 6.70. The van der Waals surface area contributed by atoms with Gasteiger partial charge in [0.05, 0.1) is 39.1 Å². The van der Waals surface area contributed by atoms with Crippen LogP contribution in [-0.4, -0.2) is 28.3 Å². The molecule has 4 aromatic heterocycles. The Morgan fingerprint density at radius 2 is 0.595 bits per heavy atom. The summed E-state index contributed by atoms with van der Waals surface area (Å²) in [4.78, 5) is 9.61. The van der Waals surface area contributed by atoms with Crippen molar-refractivity contribution < 1.29 is 18.1 Å². The predicted octanol–water partition coefficient (Wildman–Crippen LogP) is 26.1. The van der Waals surface area contributed by atoms with Gasteiger partial charge < -0.3 is 25.6 Å². The Hall–Kier alpha value is -12.7. The van der Waals surface area contributed by atoms with Gasteiger partial charge in [0.2, 0.25) is 0 Å². The summed E-state index contributed by atoms with van der Waals surface area (Å²) in [5.74, 6) is 0. The van der Waals surface area contributed by atoms with E-state index in [4.69, 9.17) is 34.7 Å². The fourth-order valence-corrected chi connectivity index (χ4v) is 17.2. The molecular formula is C103H77BClN2O4-. The summed E-state index contributed by atoms with van der Waals surface area (Å²) in [6.07, 6.45) is 0. The summed E-state index contributed by atoms with van der Waals surface area (Å²) < 4.78 is 26.0. The second kappa shape index (κ2) is 28.4. The molecule has 5 heterocycles. The highest BCUT2D eigenvalue weighted by atomic mass is 35.5. The van der Waals surface area contributed by atoms with Crippen molar-refractivity contribution >= 4 is 68.1 Å². The second-order valence-corrected chi connectivity index (χ2v) is 30.1. The molecule has 18 aromatic rings. The molecule has 14 aromatic carbocycles. The molecule has 8 heteroatoms. The van der Waals surface area contributed by atoms with E-state index in [0.717, 1.165) is 105 Å². The van der Waals surface area contributed by atoms with Gasteiger partial charge in [-0.2, -0.15) is 0 Å². The molecule has 6 nitrogen and oxygen atoms in total. The van der Waals surface area contributed by atoms with Gasteiger partial charge in [0, 0.05) is 38.2 Å². The van der Waals surface area contributed by atoms with Gasteiger partial charge in [-0.05, 0) is 195 Å². The van der Waals surface area contributed by atoms with E-state index in [-0.39, 0.29) is 7.43 Å². The van der Waals surface area contributed by atoms with Crippen LogP contribution in [-0.2, 0) is 20.1 Å². The molecule has 0 amide bonds. The van der Waals surface area contributed by atoms with Gasteiger partial charge >= 0.3 is 7.12 Å². The third kappa shape index (κ3) is 12.1. The molecule has 0 N–H and O–H groups in total. The number of hydrogen-bond donors (Lipinski definition) is 0. The van der Waals surface area contributed by atoms with Gasteiger partial charge in [0.15, 0.2) is 0 Å². The number of benzene rings is 14. The molecular weight excluding hydrogens is 1380 g/mol. The molecule has 2 aliphatic carbocycles. The minimum Gasteiger partial charge on any atom is -0.456 e. The van der Waals surface area contributed by atoms with Crippen molar-refractivity contribution in [3.63, 3.8) is 0 Å². The summed E-state index contributed by atoms with van der Waals surface area (Å²) in [6, 6.07) is 133. The van der Waals surface area contributed by atoms with Gasteiger partial charge in [0.1, 0.15) is 27.5 Å². The van der Waals surface area contributed by atoms with E-state index in [1.807, 2.05) is 60.7 Å². The predicted molar refractivity (Wildman–Crippen MR) is 458 cm³/mol. The second-order valence-electron chi connectivity index (χ2n) is 29.8. The van der Waals surface area contributed by atoms with E-state index >= 15 is 0 Å². The van der Waals surface area contributed by atoms with E-state index in [1.165, 1.54) is 66.8 Å². The average molecular weight is 1450 g/mol. The quantitative estimate of drug-likeness (QED) is 0.0772. The van der Waals surface area contributed by atoms with Crippen LogP contribution < -0.4 is 5.46 Å². The SMILES string of the molecule is CC1(C)OB(c2ccc3oc4cc5c(cc4c3c2)-c2ccccc2C5(c2ccccc2)c2ccccc2)OC1(C)C.Clc1cc(-c2ccccc2)cc(-c2ccccc2)n1.[CH3-].c1ccc(-c2cc(-c3ccccc3)nc(-c3ccc4oc5cc6c(cc5c4c3)-c3ccccc3C6(c3ccccc3)c3ccccc3)c2)cc1. The number of nitrogens with zero attached hydrogens (tertiary/aromatic N) is 2. The first-order valence-electron chi connectivity index (χ1n) is 37.6. The third-order valence-corrected chi connectivity index (χ3v) is 23.1. The molecule has 534 valence electrons. The minimum atomic E-state index is -0.470. The van der Waals surface area contributed by atoms with Crippen molar-refractivity contribution in [2.75, 3.05) is 0 Å². The van der Waals surface area contributed by atoms with Gasteiger partial charge in [-0.25, -0.2) is 9.97 Å². The van der Waals surface area contributed by atoms with E-state index < -0.39 is 29.2 Å². The molecule has 21 rings (SSSR count). The number of pyridine rings is 2. The monoisotopic (exact) mass is 1450 g/mol. The smallest absolute Gasteiger partial charge is 0.456 e. The third-order valence-electron chi connectivity index (χ3n) is 22.9. The standard InChI is InChI=1S/C48H31NO.C37H31BO3.C17H12ClN.CH3/c1-5-15-32(16-6-1)35-28-44(33-17-7-2-8-18-33)49-45(29-35)34-25-26-46-40(27-34)41-30-39-38-23-13-14-24-42(38)48(36-19-9-3-10-20-36,37-21-11-4-12-22-37)43(39)31-47(41)50-46;1-35(2)36(3,4)41-38(40-35)26-19-20-33-29(21-26)30-22-28-27-17-11-12-18-31(27)37(24-13-7-5-8-14-24,25-15-9-6-10-16-25)32(28)23-34(30)39-33;18-17-12-15(13-7-3-1-4-8-13)11-16(19-17)14-9-5-2-6-10-14;/h1-31H;5-23H,1-4H3;1-12H;1H3/q;;;-1. The zero-order valence-corrected chi connectivity index (χ0v) is 63.0. The zero-order valence-electron chi connectivity index (χ0n) is 62.3. The molecule has 0 spiro atoms. The molecule has 0 unspecified atom stereocenters. The van der Waals surface area contributed by atoms with Crippen LogP contribution in [0.4, 0.5) is 0 Å². The van der Waals surface area contributed by atoms with Crippen molar-refractivity contribution in [3.8, 4) is 78.3 Å². The summed E-state index contributed by atoms with van der Waals surface area (Å²) in [6.45, 7) is 8.35. The van der Waals surface area contributed by atoms with Crippen molar-refractivity contribution in [3.05, 3.63) is 433 Å². The maximum absolute atomic E-state index is 6.70. The molecule has 1 fully saturated rings. The topological polar surface area (TPSA) is 70.5 Å². The fraction of sp³-hybridized carbons (Fsp3) is 0.0777. The summed E-state index contributed by atoms with van der Waals surface area (Å²) in [5, 5.41) is 4.88. The largest absolute Gasteiger partial charge is 0.494 e. The first kappa shape index (κ1) is 70.0. The number of fused-ring (bicyclic) bond motifs is 12. The Kier molecular flexibility index (Phi) is 17.9. The van der Waals surface area contributed by atoms with Crippen LogP contribution in [0.1, 0.15) is 72.2 Å². The molecule has 0 atom stereocenters. The van der Waals surface area contributed by atoms with E-state index in [1.54, 1.807) is 0 Å². The summed E-state index contributed by atoms with van der Waals surface area (Å²) in [5.41, 5.74) is 28.4. The Labute approximate surface area is 653 Å². The lowest BCUT2D eigenvalue weighted by Crippen LogP contribution is -2.41. The van der Waals surface area contributed by atoms with Crippen molar-refractivity contribution in [1.29, 1.82) is 0 Å². The number of hydrogen-bond acceptors (Lipinski definition) is 6. The highest BCUT2D eigenvalue weighted by Crippen LogP contribution is 2.59. The van der Waals surface area contributed by atoms with Crippen molar-refractivity contribution in [1.82, 2.24) is 9.97 Å². The van der Waals surface area contributed by atoms with E-state index in [9.17, 15) is 0 Å². The van der Waals surface area contributed by atoms with Crippen LogP contribution in [0.2, 0.25) is 5.15 Å². The highest BCUT2D eigenvalue weighted by molar-refractivity contribution is 6.62. The number of halogens is 1. The van der Waals surface area contributed by atoms with E-state index in [2.05, 4.69) is 348 Å². The first-order chi connectivity index (χ1) is 53.9. The molecule has 1 aliphatic heterocycles. The van der Waals surface area contributed by atoms with Gasteiger partial charge in [-0.1, -0.05) is 315 Å². The highest BCUT2D eigenvalue weighted by Gasteiger charge is 2.52. The van der Waals surface area contributed by atoms with Gasteiger partial charge in [-0.15, -0.1) is 0 Å². The molecule has 111 heavy (non-hydrogen) atoms. The van der Waals surface area contributed by atoms with Gasteiger partial charge in [-0.3, -0.25) is 0 Å². The summed E-state index contributed by atoms with van der Waals surface area (Å²) >= 11 is 6.14. The lowest BCUT2D eigenvalue weighted by Gasteiger charge is -2.33.